The molecule has 1 rings (SSSR count). The van der Waals surface area contributed by atoms with Gasteiger partial charge >= 0.3 is 0 Å². The van der Waals surface area contributed by atoms with E-state index in [2.05, 4.69) is 38.2 Å². The van der Waals surface area contributed by atoms with Gasteiger partial charge in [-0.25, -0.2) is 0 Å². The second-order valence-electron chi connectivity index (χ2n) is 4.86. The number of hydrogen-bond acceptors (Lipinski definition) is 3. The largest absolute Gasteiger partial charge is 0.496 e. The summed E-state index contributed by atoms with van der Waals surface area (Å²) in [5.74, 6) is 1.47. The van der Waals surface area contributed by atoms with E-state index in [4.69, 9.17) is 9.47 Å². The molecule has 3 heteroatoms. The Hall–Kier alpha value is -1.06. The lowest BCUT2D eigenvalue weighted by Gasteiger charge is -2.16. The molecule has 0 aliphatic heterocycles. The second-order valence-corrected chi connectivity index (χ2v) is 4.86. The van der Waals surface area contributed by atoms with Gasteiger partial charge in [-0.1, -0.05) is 19.9 Å². The van der Waals surface area contributed by atoms with Gasteiger partial charge in [-0.2, -0.15) is 0 Å². The van der Waals surface area contributed by atoms with Gasteiger partial charge < -0.3 is 9.47 Å². The van der Waals surface area contributed by atoms with Crippen LogP contribution in [0.4, 0.5) is 0 Å². The van der Waals surface area contributed by atoms with Crippen molar-refractivity contribution in [1.82, 2.24) is 5.32 Å². The summed E-state index contributed by atoms with van der Waals surface area (Å²) in [4.78, 5) is 0. The number of rotatable bonds is 7. The van der Waals surface area contributed by atoms with Crippen molar-refractivity contribution in [3.8, 4) is 5.75 Å². The number of ether oxygens (including phenoxy) is 2. The van der Waals surface area contributed by atoms with Crippen molar-refractivity contribution in [2.75, 3.05) is 27.5 Å². The van der Waals surface area contributed by atoms with Crippen molar-refractivity contribution in [2.24, 2.45) is 0 Å². The molecule has 0 saturated carbocycles. The molecule has 0 bridgehead atoms. The molecule has 0 heterocycles. The fourth-order valence-corrected chi connectivity index (χ4v) is 2.04. The van der Waals surface area contributed by atoms with E-state index in [-0.39, 0.29) is 0 Å². The first-order valence-electron chi connectivity index (χ1n) is 6.47. The molecule has 0 fully saturated rings. The molecule has 0 unspecified atom stereocenters. The maximum absolute atomic E-state index is 5.45. The smallest absolute Gasteiger partial charge is 0.122 e. The van der Waals surface area contributed by atoms with Crippen LogP contribution in [0.15, 0.2) is 12.1 Å². The first-order valence-corrected chi connectivity index (χ1v) is 6.47. The van der Waals surface area contributed by atoms with E-state index in [0.29, 0.717) is 12.6 Å². The zero-order valence-electron chi connectivity index (χ0n) is 12.2. The van der Waals surface area contributed by atoms with Gasteiger partial charge in [-0.3, -0.25) is 5.32 Å². The second kappa shape index (κ2) is 7.39. The summed E-state index contributed by atoms with van der Waals surface area (Å²) in [5, 5.41) is 3.23. The van der Waals surface area contributed by atoms with Crippen LogP contribution in [0.25, 0.3) is 0 Å². The first kappa shape index (κ1) is 15.0. The van der Waals surface area contributed by atoms with E-state index in [1.54, 1.807) is 14.2 Å². The van der Waals surface area contributed by atoms with Crippen LogP contribution in [-0.2, 0) is 11.2 Å². The molecular formula is C15H25NO2. The van der Waals surface area contributed by atoms with Crippen LogP contribution in [0.3, 0.4) is 0 Å². The van der Waals surface area contributed by atoms with Crippen molar-refractivity contribution in [1.29, 1.82) is 0 Å². The number of aryl methyl sites for hydroxylation is 1. The van der Waals surface area contributed by atoms with Gasteiger partial charge in [0.25, 0.3) is 0 Å². The third-order valence-corrected chi connectivity index (χ3v) is 3.13. The Morgan fingerprint density at radius 3 is 2.50 bits per heavy atom. The minimum absolute atomic E-state index is 0.478. The molecule has 0 atom stereocenters. The number of methoxy groups -OCH3 is 2. The van der Waals surface area contributed by atoms with Gasteiger partial charge in [-0.15, -0.1) is 0 Å². The average molecular weight is 251 g/mol. The highest BCUT2D eigenvalue weighted by atomic mass is 16.5. The van der Waals surface area contributed by atoms with Crippen molar-refractivity contribution in [3.05, 3.63) is 28.8 Å². The fourth-order valence-electron chi connectivity index (χ4n) is 2.04. The number of benzene rings is 1. The average Bonchev–Trinajstić information content (AvgIpc) is 2.35. The van der Waals surface area contributed by atoms with Gasteiger partial charge in [0, 0.05) is 13.7 Å². The Balaban J connectivity index is 2.81. The predicted molar refractivity (Wildman–Crippen MR) is 75.4 cm³/mol. The maximum Gasteiger partial charge on any atom is 0.122 e. The SMILES string of the molecule is COCNCCc1cc(C(C)C)c(OC)cc1C. The summed E-state index contributed by atoms with van der Waals surface area (Å²) in [6, 6.07) is 4.41. The van der Waals surface area contributed by atoms with Gasteiger partial charge in [-0.05, 0) is 42.0 Å². The molecule has 18 heavy (non-hydrogen) atoms. The highest BCUT2D eigenvalue weighted by molar-refractivity contribution is 5.44. The van der Waals surface area contributed by atoms with Gasteiger partial charge in [0.05, 0.1) is 13.8 Å². The zero-order valence-corrected chi connectivity index (χ0v) is 12.2. The molecule has 1 aromatic rings. The van der Waals surface area contributed by atoms with E-state index >= 15 is 0 Å². The third kappa shape index (κ3) is 4.00. The van der Waals surface area contributed by atoms with Crippen molar-refractivity contribution in [2.45, 2.75) is 33.1 Å². The Bertz CT molecular complexity index is 375. The topological polar surface area (TPSA) is 30.5 Å². The normalized spacial score (nSPS) is 11.0. The molecule has 0 radical (unpaired) electrons. The van der Waals surface area contributed by atoms with Crippen LogP contribution < -0.4 is 10.1 Å². The Kier molecular flexibility index (Phi) is 6.16. The molecule has 102 valence electrons. The van der Waals surface area contributed by atoms with Crippen LogP contribution in [0.5, 0.6) is 5.75 Å². The minimum atomic E-state index is 0.478. The maximum atomic E-state index is 5.45. The highest BCUT2D eigenvalue weighted by Crippen LogP contribution is 2.29. The molecular weight excluding hydrogens is 226 g/mol. The molecule has 1 aromatic carbocycles. The lowest BCUT2D eigenvalue weighted by atomic mass is 9.95. The van der Waals surface area contributed by atoms with Gasteiger partial charge in [0.1, 0.15) is 5.75 Å². The van der Waals surface area contributed by atoms with Crippen LogP contribution in [0.1, 0.15) is 36.5 Å². The van der Waals surface area contributed by atoms with Crippen LogP contribution in [0, 0.1) is 6.92 Å². The molecule has 3 nitrogen and oxygen atoms in total. The summed E-state index contributed by atoms with van der Waals surface area (Å²) in [6.07, 6.45) is 1.01. The Morgan fingerprint density at radius 2 is 1.94 bits per heavy atom. The van der Waals surface area contributed by atoms with Crippen LogP contribution in [-0.4, -0.2) is 27.5 Å². The number of hydrogen-bond donors (Lipinski definition) is 1. The summed E-state index contributed by atoms with van der Waals surface area (Å²) in [5.41, 5.74) is 3.95. The van der Waals surface area contributed by atoms with E-state index in [1.807, 2.05) is 0 Å². The molecule has 0 amide bonds. The summed E-state index contributed by atoms with van der Waals surface area (Å²) in [7, 11) is 3.43. The Morgan fingerprint density at radius 1 is 1.22 bits per heavy atom. The molecule has 1 N–H and O–H groups in total. The highest BCUT2D eigenvalue weighted by Gasteiger charge is 2.10. The predicted octanol–water partition coefficient (Wildman–Crippen LogP) is 2.86. The molecule has 0 spiro atoms. The van der Waals surface area contributed by atoms with Gasteiger partial charge in [0.15, 0.2) is 0 Å². The summed E-state index contributed by atoms with van der Waals surface area (Å²) in [6.45, 7) is 8.06. The monoisotopic (exact) mass is 251 g/mol. The third-order valence-electron chi connectivity index (χ3n) is 3.13. The van der Waals surface area contributed by atoms with E-state index in [0.717, 1.165) is 18.7 Å². The number of nitrogens with one attached hydrogen (secondary N) is 1. The molecule has 0 aliphatic rings. The quantitative estimate of drug-likeness (QED) is 0.597. The van der Waals surface area contributed by atoms with Gasteiger partial charge in [0.2, 0.25) is 0 Å². The van der Waals surface area contributed by atoms with E-state index < -0.39 is 0 Å². The fraction of sp³-hybridized carbons (Fsp3) is 0.600. The molecule has 0 aromatic heterocycles. The molecule has 0 aliphatic carbocycles. The van der Waals surface area contributed by atoms with E-state index in [9.17, 15) is 0 Å². The van der Waals surface area contributed by atoms with Crippen molar-refractivity contribution < 1.29 is 9.47 Å². The van der Waals surface area contributed by atoms with E-state index in [1.165, 1.54) is 16.7 Å². The molecule has 0 saturated heterocycles. The first-order chi connectivity index (χ1) is 8.60. The summed E-state index contributed by atoms with van der Waals surface area (Å²) >= 11 is 0. The minimum Gasteiger partial charge on any atom is -0.496 e. The standard InChI is InChI=1S/C15H25NO2/c1-11(2)14-9-13(6-7-16-10-17-4)12(3)8-15(14)18-5/h8-9,11,16H,6-7,10H2,1-5H3. The van der Waals surface area contributed by atoms with Crippen LogP contribution in [0.2, 0.25) is 0 Å². The van der Waals surface area contributed by atoms with Crippen LogP contribution >= 0.6 is 0 Å². The van der Waals surface area contributed by atoms with Crippen molar-refractivity contribution in [3.63, 3.8) is 0 Å². The Labute approximate surface area is 110 Å². The summed E-state index contributed by atoms with van der Waals surface area (Å²) < 4.78 is 10.4. The lowest BCUT2D eigenvalue weighted by molar-refractivity contribution is 0.176. The zero-order chi connectivity index (χ0) is 13.5. The van der Waals surface area contributed by atoms with Crippen molar-refractivity contribution >= 4 is 0 Å². The lowest BCUT2D eigenvalue weighted by Crippen LogP contribution is -2.20.